The van der Waals surface area contributed by atoms with Crippen LogP contribution in [0.15, 0.2) is 0 Å². The number of morpholine rings is 1. The van der Waals surface area contributed by atoms with Gasteiger partial charge < -0.3 is 19.5 Å². The van der Waals surface area contributed by atoms with Crippen molar-refractivity contribution in [2.75, 3.05) is 78.7 Å². The molecule has 30 heavy (non-hydrogen) atoms. The summed E-state index contributed by atoms with van der Waals surface area (Å²) in [6.07, 6.45) is 4.94. The van der Waals surface area contributed by atoms with E-state index in [1.807, 2.05) is 0 Å². The van der Waals surface area contributed by atoms with Crippen molar-refractivity contribution < 1.29 is 14.6 Å². The van der Waals surface area contributed by atoms with Crippen LogP contribution in [-0.2, 0) is 9.47 Å². The van der Waals surface area contributed by atoms with Crippen molar-refractivity contribution in [3.05, 3.63) is 0 Å². The summed E-state index contributed by atoms with van der Waals surface area (Å²) < 4.78 is 11.7. The summed E-state index contributed by atoms with van der Waals surface area (Å²) in [5.74, 6) is 2.06. The van der Waals surface area contributed by atoms with Gasteiger partial charge in [0.2, 0.25) is 0 Å². The molecular weight excluding hydrogens is 378 g/mol. The van der Waals surface area contributed by atoms with Crippen LogP contribution in [-0.4, -0.2) is 111 Å². The molecule has 2 saturated heterocycles. The van der Waals surface area contributed by atoms with Gasteiger partial charge in [-0.3, -0.25) is 9.80 Å². The lowest BCUT2D eigenvalue weighted by molar-refractivity contribution is -0.0754. The van der Waals surface area contributed by atoms with E-state index in [1.165, 1.54) is 32.4 Å². The Morgan fingerprint density at radius 2 is 1.57 bits per heavy atom. The monoisotopic (exact) mass is 425 g/mol. The summed E-state index contributed by atoms with van der Waals surface area (Å²) in [5.41, 5.74) is 0. The van der Waals surface area contributed by atoms with E-state index in [2.05, 4.69) is 35.5 Å². The van der Waals surface area contributed by atoms with E-state index >= 15 is 0 Å². The van der Waals surface area contributed by atoms with Gasteiger partial charge in [0, 0.05) is 45.8 Å². The maximum Gasteiger partial charge on any atom is 0.0900 e. The van der Waals surface area contributed by atoms with Gasteiger partial charge in [-0.05, 0) is 50.1 Å². The van der Waals surface area contributed by atoms with Crippen LogP contribution >= 0.6 is 0 Å². The molecule has 4 atom stereocenters. The number of aliphatic hydroxyl groups is 1. The topological polar surface area (TPSA) is 48.4 Å². The molecule has 0 bridgehead atoms. The lowest BCUT2D eigenvalue weighted by atomic mass is 9.75. The number of hydrogen-bond donors (Lipinski definition) is 1. The second-order valence-electron chi connectivity index (χ2n) is 10.3. The Bertz CT molecular complexity index is 465. The van der Waals surface area contributed by atoms with E-state index in [-0.39, 0.29) is 6.10 Å². The zero-order valence-corrected chi connectivity index (χ0v) is 19.8. The van der Waals surface area contributed by atoms with Crippen molar-refractivity contribution in [1.82, 2.24) is 14.7 Å². The largest absolute Gasteiger partial charge is 0.389 e. The molecule has 0 amide bonds. The third kappa shape index (κ3) is 8.03. The predicted molar refractivity (Wildman–Crippen MR) is 122 cm³/mol. The summed E-state index contributed by atoms with van der Waals surface area (Å²) in [6.45, 7) is 18.9. The smallest absolute Gasteiger partial charge is 0.0900 e. The van der Waals surface area contributed by atoms with Crippen LogP contribution in [0.5, 0.6) is 0 Å². The Morgan fingerprint density at radius 1 is 0.933 bits per heavy atom. The lowest BCUT2D eigenvalue weighted by Gasteiger charge is -2.38. The SMILES string of the molecule is CC1CCC(C(C)C)C(OCC(O)CN2CCN(CCCN3CCOCC3)CC2)C1. The van der Waals surface area contributed by atoms with E-state index < -0.39 is 0 Å². The van der Waals surface area contributed by atoms with Crippen LogP contribution in [0.4, 0.5) is 0 Å². The van der Waals surface area contributed by atoms with Crippen LogP contribution in [0.1, 0.15) is 46.5 Å². The average molecular weight is 426 g/mol. The fraction of sp³-hybridized carbons (Fsp3) is 1.00. The van der Waals surface area contributed by atoms with Gasteiger partial charge in [-0.15, -0.1) is 0 Å². The molecule has 0 aromatic carbocycles. The van der Waals surface area contributed by atoms with E-state index in [0.717, 1.165) is 71.4 Å². The highest BCUT2D eigenvalue weighted by atomic mass is 16.5. The fourth-order valence-corrected chi connectivity index (χ4v) is 5.43. The first kappa shape index (κ1) is 24.4. The number of nitrogens with zero attached hydrogens (tertiary/aromatic N) is 3. The van der Waals surface area contributed by atoms with Crippen LogP contribution in [0.3, 0.4) is 0 Å². The van der Waals surface area contributed by atoms with E-state index in [0.29, 0.717) is 24.5 Å². The number of β-amino-alcohol motifs (C(OH)–C–C–N with tert-alkyl or cyclic N) is 1. The molecule has 0 spiro atoms. The Kier molecular flexibility index (Phi) is 10.3. The Hall–Kier alpha value is -0.240. The molecule has 0 aromatic rings. The van der Waals surface area contributed by atoms with Crippen LogP contribution < -0.4 is 0 Å². The van der Waals surface area contributed by atoms with Crippen molar-refractivity contribution in [3.63, 3.8) is 0 Å². The minimum atomic E-state index is -0.372. The van der Waals surface area contributed by atoms with Crippen molar-refractivity contribution in [2.45, 2.75) is 58.7 Å². The summed E-state index contributed by atoms with van der Waals surface area (Å²) in [4.78, 5) is 7.51. The molecule has 4 unspecified atom stereocenters. The second-order valence-corrected chi connectivity index (χ2v) is 10.3. The van der Waals surface area contributed by atoms with Crippen LogP contribution in [0.2, 0.25) is 0 Å². The maximum absolute atomic E-state index is 10.6. The highest BCUT2D eigenvalue weighted by Crippen LogP contribution is 2.35. The molecule has 1 N–H and O–H groups in total. The first-order valence-corrected chi connectivity index (χ1v) is 12.6. The summed E-state index contributed by atoms with van der Waals surface area (Å²) in [7, 11) is 0. The van der Waals surface area contributed by atoms with Crippen molar-refractivity contribution in [2.24, 2.45) is 17.8 Å². The molecule has 1 saturated carbocycles. The van der Waals surface area contributed by atoms with Crippen molar-refractivity contribution in [1.29, 1.82) is 0 Å². The normalized spacial score (nSPS) is 31.3. The first-order chi connectivity index (χ1) is 14.5. The third-order valence-electron chi connectivity index (χ3n) is 7.45. The minimum absolute atomic E-state index is 0.326. The van der Waals surface area contributed by atoms with Gasteiger partial charge >= 0.3 is 0 Å². The molecule has 0 radical (unpaired) electrons. The van der Waals surface area contributed by atoms with E-state index in [4.69, 9.17) is 9.47 Å². The summed E-state index contributed by atoms with van der Waals surface area (Å²) in [5, 5.41) is 10.6. The molecule has 2 heterocycles. The molecule has 3 aliphatic rings. The molecular formula is C24H47N3O3. The predicted octanol–water partition coefficient (Wildman–Crippen LogP) is 2.16. The molecule has 3 rings (SSSR count). The van der Waals surface area contributed by atoms with Gasteiger partial charge in [0.05, 0.1) is 32.0 Å². The third-order valence-corrected chi connectivity index (χ3v) is 7.45. The van der Waals surface area contributed by atoms with E-state index in [9.17, 15) is 5.11 Å². The standard InChI is InChI=1S/C24H47N3O3/c1-20(2)23-6-5-21(3)17-24(23)30-19-22(28)18-27-11-9-25(10-12-27)7-4-8-26-13-15-29-16-14-26/h20-24,28H,4-19H2,1-3H3. The highest BCUT2D eigenvalue weighted by Gasteiger charge is 2.32. The maximum atomic E-state index is 10.6. The van der Waals surface area contributed by atoms with Gasteiger partial charge in [0.1, 0.15) is 0 Å². The van der Waals surface area contributed by atoms with Gasteiger partial charge in [0.25, 0.3) is 0 Å². The highest BCUT2D eigenvalue weighted by molar-refractivity contribution is 4.82. The number of hydrogen-bond acceptors (Lipinski definition) is 6. The van der Waals surface area contributed by atoms with E-state index in [1.54, 1.807) is 0 Å². The van der Waals surface area contributed by atoms with Gasteiger partial charge in [-0.25, -0.2) is 0 Å². The molecule has 3 fully saturated rings. The van der Waals surface area contributed by atoms with Crippen LogP contribution in [0, 0.1) is 17.8 Å². The zero-order valence-electron chi connectivity index (χ0n) is 19.8. The average Bonchev–Trinajstić information content (AvgIpc) is 2.74. The van der Waals surface area contributed by atoms with Gasteiger partial charge in [-0.1, -0.05) is 27.2 Å². The fourth-order valence-electron chi connectivity index (χ4n) is 5.43. The second kappa shape index (κ2) is 12.7. The van der Waals surface area contributed by atoms with Crippen molar-refractivity contribution >= 4 is 0 Å². The molecule has 1 aliphatic carbocycles. The van der Waals surface area contributed by atoms with Crippen LogP contribution in [0.25, 0.3) is 0 Å². The number of ether oxygens (including phenoxy) is 2. The van der Waals surface area contributed by atoms with Gasteiger partial charge in [0.15, 0.2) is 0 Å². The van der Waals surface area contributed by atoms with Gasteiger partial charge in [-0.2, -0.15) is 0 Å². The summed E-state index contributed by atoms with van der Waals surface area (Å²) >= 11 is 0. The Labute approximate surface area is 184 Å². The number of piperazine rings is 1. The molecule has 2 aliphatic heterocycles. The molecule has 0 aromatic heterocycles. The molecule has 6 nitrogen and oxygen atoms in total. The zero-order chi connectivity index (χ0) is 21.3. The Balaban J connectivity index is 1.27. The number of rotatable bonds is 10. The Morgan fingerprint density at radius 3 is 2.23 bits per heavy atom. The number of aliphatic hydroxyl groups excluding tert-OH is 1. The summed E-state index contributed by atoms with van der Waals surface area (Å²) in [6, 6.07) is 0. The minimum Gasteiger partial charge on any atom is -0.389 e. The quantitative estimate of drug-likeness (QED) is 0.579. The molecule has 6 heteroatoms. The van der Waals surface area contributed by atoms with Crippen molar-refractivity contribution in [3.8, 4) is 0 Å². The molecule has 176 valence electrons. The first-order valence-electron chi connectivity index (χ1n) is 12.6. The lowest BCUT2D eigenvalue weighted by Crippen LogP contribution is -2.49.